The van der Waals surface area contributed by atoms with Gasteiger partial charge in [0.25, 0.3) is 0 Å². The Hall–Kier alpha value is -1.07. The summed E-state index contributed by atoms with van der Waals surface area (Å²) in [5, 5.41) is 3.65. The van der Waals surface area contributed by atoms with E-state index >= 15 is 0 Å². The SMILES string of the molecule is CCOC(=O)c1ccc(NC2CCN3CCC2C3)c(Br)c1. The first kappa shape index (κ1) is 14.9. The van der Waals surface area contributed by atoms with Crippen LogP contribution in [0.4, 0.5) is 5.69 Å². The lowest BCUT2D eigenvalue weighted by atomic mass is 9.94. The van der Waals surface area contributed by atoms with E-state index in [1.165, 1.54) is 32.5 Å². The second-order valence-corrected chi connectivity index (χ2v) is 6.66. The largest absolute Gasteiger partial charge is 0.462 e. The summed E-state index contributed by atoms with van der Waals surface area (Å²) in [5.74, 6) is 0.476. The summed E-state index contributed by atoms with van der Waals surface area (Å²) in [7, 11) is 0. The molecule has 1 aromatic carbocycles. The Bertz CT molecular complexity index is 535. The predicted molar refractivity (Wildman–Crippen MR) is 86.7 cm³/mol. The van der Waals surface area contributed by atoms with Gasteiger partial charge in [0.1, 0.15) is 0 Å². The molecule has 0 radical (unpaired) electrons. The number of carbonyl (C=O) groups is 1. The highest BCUT2D eigenvalue weighted by Crippen LogP contribution is 2.32. The molecule has 0 saturated carbocycles. The van der Waals surface area contributed by atoms with Crippen molar-refractivity contribution in [1.29, 1.82) is 0 Å². The first-order valence-electron chi connectivity index (χ1n) is 7.63. The van der Waals surface area contributed by atoms with E-state index in [2.05, 4.69) is 26.1 Å². The Balaban J connectivity index is 1.69. The molecular weight excluding hydrogens is 332 g/mol. The van der Waals surface area contributed by atoms with Crippen LogP contribution in [0.15, 0.2) is 22.7 Å². The summed E-state index contributed by atoms with van der Waals surface area (Å²) in [6.45, 7) is 5.86. The van der Waals surface area contributed by atoms with Crippen LogP contribution in [-0.2, 0) is 4.74 Å². The molecule has 2 bridgehead atoms. The first-order valence-corrected chi connectivity index (χ1v) is 8.42. The highest BCUT2D eigenvalue weighted by molar-refractivity contribution is 9.10. The molecule has 2 fully saturated rings. The molecule has 3 rings (SSSR count). The van der Waals surface area contributed by atoms with Gasteiger partial charge in [0.05, 0.1) is 12.2 Å². The van der Waals surface area contributed by atoms with Gasteiger partial charge in [0.15, 0.2) is 0 Å². The van der Waals surface area contributed by atoms with Gasteiger partial charge in [-0.25, -0.2) is 4.79 Å². The van der Waals surface area contributed by atoms with Crippen LogP contribution >= 0.6 is 15.9 Å². The van der Waals surface area contributed by atoms with E-state index in [1.54, 1.807) is 0 Å². The third-order valence-electron chi connectivity index (χ3n) is 4.46. The predicted octanol–water partition coefficient (Wildman–Crippen LogP) is 3.13. The molecule has 3 atom stereocenters. The summed E-state index contributed by atoms with van der Waals surface area (Å²) in [4.78, 5) is 14.3. The maximum atomic E-state index is 11.7. The third-order valence-corrected chi connectivity index (χ3v) is 5.11. The molecule has 2 aliphatic rings. The molecule has 1 N–H and O–H groups in total. The van der Waals surface area contributed by atoms with Crippen molar-refractivity contribution >= 4 is 27.6 Å². The molecule has 114 valence electrons. The zero-order valence-corrected chi connectivity index (χ0v) is 13.9. The van der Waals surface area contributed by atoms with Gasteiger partial charge in [-0.05, 0) is 66.4 Å². The number of halogens is 1. The Kier molecular flexibility index (Phi) is 4.50. The van der Waals surface area contributed by atoms with E-state index in [0.717, 1.165) is 16.1 Å². The van der Waals surface area contributed by atoms with E-state index < -0.39 is 0 Å². The van der Waals surface area contributed by atoms with Crippen LogP contribution in [0.3, 0.4) is 0 Å². The standard InChI is InChI=1S/C16H21BrN2O2/c1-2-21-16(20)11-3-4-15(13(17)9-11)18-14-6-8-19-7-5-12(14)10-19/h3-4,9,12,14,18H,2,5-8,10H2,1H3. The van der Waals surface area contributed by atoms with Crippen molar-refractivity contribution < 1.29 is 9.53 Å². The third kappa shape index (κ3) is 3.24. The van der Waals surface area contributed by atoms with Crippen molar-refractivity contribution in [1.82, 2.24) is 4.90 Å². The molecule has 0 spiro atoms. The summed E-state index contributed by atoms with van der Waals surface area (Å²) in [6.07, 6.45) is 2.48. The van der Waals surface area contributed by atoms with Gasteiger partial charge in [-0.1, -0.05) is 0 Å². The van der Waals surface area contributed by atoms with Crippen molar-refractivity contribution in [3.63, 3.8) is 0 Å². The number of ether oxygens (including phenoxy) is 1. The van der Waals surface area contributed by atoms with E-state index in [0.29, 0.717) is 18.2 Å². The monoisotopic (exact) mass is 352 g/mol. The maximum absolute atomic E-state index is 11.7. The van der Waals surface area contributed by atoms with E-state index in [-0.39, 0.29) is 5.97 Å². The summed E-state index contributed by atoms with van der Waals surface area (Å²) in [6, 6.07) is 6.17. The smallest absolute Gasteiger partial charge is 0.338 e. The number of rotatable bonds is 4. The molecule has 1 aromatic rings. The van der Waals surface area contributed by atoms with Crippen molar-refractivity contribution in [2.45, 2.75) is 25.8 Å². The van der Waals surface area contributed by atoms with Crippen molar-refractivity contribution in [2.24, 2.45) is 5.92 Å². The topological polar surface area (TPSA) is 41.6 Å². The number of carbonyl (C=O) groups excluding carboxylic acids is 1. The molecule has 3 unspecified atom stereocenters. The van der Waals surface area contributed by atoms with E-state index in [9.17, 15) is 4.79 Å². The lowest BCUT2D eigenvalue weighted by Crippen LogP contribution is -2.39. The van der Waals surface area contributed by atoms with Crippen LogP contribution in [0.2, 0.25) is 0 Å². The zero-order valence-electron chi connectivity index (χ0n) is 12.3. The number of nitrogens with zero attached hydrogens (tertiary/aromatic N) is 1. The van der Waals surface area contributed by atoms with Gasteiger partial charge >= 0.3 is 5.97 Å². The van der Waals surface area contributed by atoms with E-state index in [4.69, 9.17) is 4.74 Å². The zero-order chi connectivity index (χ0) is 14.8. The molecule has 4 nitrogen and oxygen atoms in total. The fourth-order valence-corrected chi connectivity index (χ4v) is 3.81. The first-order chi connectivity index (χ1) is 10.2. The van der Waals surface area contributed by atoms with Gasteiger partial charge in [0.2, 0.25) is 0 Å². The highest BCUT2D eigenvalue weighted by Gasteiger charge is 2.34. The average molecular weight is 353 g/mol. The minimum atomic E-state index is -0.270. The number of hydrogen-bond acceptors (Lipinski definition) is 4. The minimum absolute atomic E-state index is 0.270. The quantitative estimate of drug-likeness (QED) is 0.845. The molecule has 2 saturated heterocycles. The van der Waals surface area contributed by atoms with Crippen molar-refractivity contribution in [2.75, 3.05) is 31.6 Å². The number of nitrogens with one attached hydrogen (secondary N) is 1. The number of hydrogen-bond donors (Lipinski definition) is 1. The Labute approximate surface area is 134 Å². The summed E-state index contributed by atoms with van der Waals surface area (Å²) < 4.78 is 5.95. The Morgan fingerprint density at radius 3 is 3.00 bits per heavy atom. The summed E-state index contributed by atoms with van der Waals surface area (Å²) >= 11 is 3.56. The normalized spacial score (nSPS) is 27.4. The van der Waals surface area contributed by atoms with Gasteiger partial charge in [-0.2, -0.15) is 0 Å². The van der Waals surface area contributed by atoms with Crippen LogP contribution in [0, 0.1) is 5.92 Å². The van der Waals surface area contributed by atoms with Crippen LogP contribution in [0.1, 0.15) is 30.1 Å². The van der Waals surface area contributed by atoms with Gasteiger partial charge in [-0.15, -0.1) is 0 Å². The summed E-state index contributed by atoms with van der Waals surface area (Å²) in [5.41, 5.74) is 1.65. The number of anilines is 1. The second kappa shape index (κ2) is 6.36. The molecule has 2 heterocycles. The molecular formula is C16H21BrN2O2. The minimum Gasteiger partial charge on any atom is -0.462 e. The maximum Gasteiger partial charge on any atom is 0.338 e. The average Bonchev–Trinajstić information content (AvgIpc) is 2.86. The molecule has 0 amide bonds. The van der Waals surface area contributed by atoms with Crippen LogP contribution in [0.25, 0.3) is 0 Å². The van der Waals surface area contributed by atoms with Crippen molar-refractivity contribution in [3.05, 3.63) is 28.2 Å². The van der Waals surface area contributed by atoms with E-state index in [1.807, 2.05) is 25.1 Å². The molecule has 5 heteroatoms. The molecule has 2 aliphatic heterocycles. The number of piperidine rings is 1. The number of esters is 1. The fourth-order valence-electron chi connectivity index (χ4n) is 3.31. The van der Waals surface area contributed by atoms with Gasteiger partial charge in [0, 0.05) is 29.3 Å². The fraction of sp³-hybridized carbons (Fsp3) is 0.562. The van der Waals surface area contributed by atoms with Gasteiger partial charge < -0.3 is 15.0 Å². The second-order valence-electron chi connectivity index (χ2n) is 5.80. The molecule has 0 aromatic heterocycles. The van der Waals surface area contributed by atoms with Gasteiger partial charge in [-0.3, -0.25) is 0 Å². The molecule has 21 heavy (non-hydrogen) atoms. The highest BCUT2D eigenvalue weighted by atomic mass is 79.9. The number of benzene rings is 1. The lowest BCUT2D eigenvalue weighted by molar-refractivity contribution is 0.0526. The van der Waals surface area contributed by atoms with Crippen LogP contribution < -0.4 is 5.32 Å². The Morgan fingerprint density at radius 1 is 1.43 bits per heavy atom. The Morgan fingerprint density at radius 2 is 2.24 bits per heavy atom. The van der Waals surface area contributed by atoms with Crippen LogP contribution in [-0.4, -0.2) is 43.2 Å². The number of fused-ring (bicyclic) bond motifs is 2. The van der Waals surface area contributed by atoms with Crippen LogP contribution in [0.5, 0.6) is 0 Å². The lowest BCUT2D eigenvalue weighted by Gasteiger charge is -2.32. The molecule has 0 aliphatic carbocycles. The van der Waals surface area contributed by atoms with Crippen molar-refractivity contribution in [3.8, 4) is 0 Å².